The second-order valence-corrected chi connectivity index (χ2v) is 5.00. The zero-order valence-electron chi connectivity index (χ0n) is 11.1. The van der Waals surface area contributed by atoms with E-state index in [-0.39, 0.29) is 12.5 Å². The average Bonchev–Trinajstić information content (AvgIpc) is 2.36. The zero-order valence-corrected chi connectivity index (χ0v) is 11.1. The molecular formula is C15H21NO3. The van der Waals surface area contributed by atoms with E-state index >= 15 is 0 Å². The molecular weight excluding hydrogens is 242 g/mol. The highest BCUT2D eigenvalue weighted by atomic mass is 16.5. The van der Waals surface area contributed by atoms with Crippen LogP contribution in [-0.4, -0.2) is 30.8 Å². The van der Waals surface area contributed by atoms with Gasteiger partial charge in [0.15, 0.2) is 0 Å². The largest absolute Gasteiger partial charge is 0.493 e. The number of aliphatic hydroxyl groups is 1. The summed E-state index contributed by atoms with van der Waals surface area (Å²) >= 11 is 0. The molecule has 19 heavy (non-hydrogen) atoms. The molecule has 0 aromatic heterocycles. The quantitative estimate of drug-likeness (QED) is 0.784. The van der Waals surface area contributed by atoms with Gasteiger partial charge in [0.1, 0.15) is 5.75 Å². The van der Waals surface area contributed by atoms with Crippen LogP contribution in [0.25, 0.3) is 0 Å². The van der Waals surface area contributed by atoms with Crippen molar-refractivity contribution in [1.29, 1.82) is 0 Å². The Balaban J connectivity index is 1.75. The molecule has 0 unspecified atom stereocenters. The molecule has 1 fully saturated rings. The Hall–Kier alpha value is -1.55. The van der Waals surface area contributed by atoms with Crippen LogP contribution in [0.5, 0.6) is 5.75 Å². The van der Waals surface area contributed by atoms with Gasteiger partial charge in [-0.25, -0.2) is 0 Å². The number of carbonyl (C=O) groups excluding carboxylic acids is 1. The van der Waals surface area contributed by atoms with E-state index < -0.39 is 0 Å². The maximum Gasteiger partial charge on any atom is 0.224 e. The number of nitrogens with one attached hydrogen (secondary N) is 1. The van der Waals surface area contributed by atoms with E-state index in [4.69, 9.17) is 9.84 Å². The van der Waals surface area contributed by atoms with Gasteiger partial charge in [-0.15, -0.1) is 0 Å². The number of hydrogen-bond acceptors (Lipinski definition) is 3. The summed E-state index contributed by atoms with van der Waals surface area (Å²) in [6.07, 6.45) is 4.23. The van der Waals surface area contributed by atoms with E-state index in [0.717, 1.165) is 23.8 Å². The minimum atomic E-state index is -0.0720. The normalized spacial score (nSPS) is 14.8. The van der Waals surface area contributed by atoms with Gasteiger partial charge in [0.05, 0.1) is 19.6 Å². The fourth-order valence-corrected chi connectivity index (χ4v) is 2.02. The van der Waals surface area contributed by atoms with Crippen molar-refractivity contribution in [3.05, 3.63) is 29.8 Å². The van der Waals surface area contributed by atoms with Crippen molar-refractivity contribution in [1.82, 2.24) is 5.32 Å². The Bertz CT molecular complexity index is 398. The van der Waals surface area contributed by atoms with Crippen LogP contribution in [0.2, 0.25) is 0 Å². The van der Waals surface area contributed by atoms with Crippen LogP contribution < -0.4 is 10.1 Å². The summed E-state index contributed by atoms with van der Waals surface area (Å²) in [5.74, 6) is 1.52. The maximum atomic E-state index is 11.5. The lowest BCUT2D eigenvalue weighted by atomic mass is 9.86. The third kappa shape index (κ3) is 4.56. The molecule has 0 atom stereocenters. The topological polar surface area (TPSA) is 58.6 Å². The van der Waals surface area contributed by atoms with E-state index in [9.17, 15) is 4.79 Å². The molecule has 1 aliphatic carbocycles. The third-order valence-electron chi connectivity index (χ3n) is 3.43. The molecule has 0 spiro atoms. The molecule has 0 aliphatic heterocycles. The number of benzene rings is 1. The van der Waals surface area contributed by atoms with Gasteiger partial charge in [-0.2, -0.15) is 0 Å². The van der Waals surface area contributed by atoms with Crippen LogP contribution in [0.4, 0.5) is 0 Å². The van der Waals surface area contributed by atoms with Gasteiger partial charge in [0.25, 0.3) is 0 Å². The first-order chi connectivity index (χ1) is 9.28. The molecule has 2 rings (SSSR count). The smallest absolute Gasteiger partial charge is 0.224 e. The van der Waals surface area contributed by atoms with Crippen LogP contribution in [-0.2, 0) is 11.2 Å². The van der Waals surface area contributed by atoms with Gasteiger partial charge in [0, 0.05) is 6.54 Å². The Morgan fingerprint density at radius 3 is 2.63 bits per heavy atom. The highest BCUT2D eigenvalue weighted by Crippen LogP contribution is 2.27. The van der Waals surface area contributed by atoms with Crippen molar-refractivity contribution < 1.29 is 14.6 Å². The first-order valence-electron chi connectivity index (χ1n) is 6.87. The van der Waals surface area contributed by atoms with Gasteiger partial charge in [-0.05, 0) is 36.5 Å². The summed E-state index contributed by atoms with van der Waals surface area (Å²) < 4.78 is 5.70. The molecule has 4 heteroatoms. The molecule has 0 saturated heterocycles. The van der Waals surface area contributed by atoms with Gasteiger partial charge in [-0.3, -0.25) is 4.79 Å². The summed E-state index contributed by atoms with van der Waals surface area (Å²) in [6, 6.07) is 7.64. The highest BCUT2D eigenvalue weighted by Gasteiger charge is 2.17. The monoisotopic (exact) mass is 263 g/mol. The van der Waals surface area contributed by atoms with E-state index in [1.54, 1.807) is 0 Å². The Morgan fingerprint density at radius 2 is 2.05 bits per heavy atom. The molecule has 1 aromatic rings. The van der Waals surface area contributed by atoms with Gasteiger partial charge >= 0.3 is 0 Å². The van der Waals surface area contributed by atoms with Crippen LogP contribution >= 0.6 is 0 Å². The van der Waals surface area contributed by atoms with Crippen molar-refractivity contribution in [2.75, 3.05) is 19.8 Å². The van der Waals surface area contributed by atoms with Crippen LogP contribution in [0, 0.1) is 5.92 Å². The molecule has 0 heterocycles. The third-order valence-corrected chi connectivity index (χ3v) is 3.43. The van der Waals surface area contributed by atoms with Crippen molar-refractivity contribution in [2.24, 2.45) is 5.92 Å². The van der Waals surface area contributed by atoms with Crippen molar-refractivity contribution in [3.63, 3.8) is 0 Å². The number of rotatable bonds is 7. The molecule has 1 amide bonds. The van der Waals surface area contributed by atoms with Crippen LogP contribution in [0.3, 0.4) is 0 Å². The second kappa shape index (κ2) is 7.14. The molecule has 2 N–H and O–H groups in total. The van der Waals surface area contributed by atoms with Crippen LogP contribution in [0.15, 0.2) is 24.3 Å². The predicted molar refractivity (Wildman–Crippen MR) is 73.1 cm³/mol. The Kier molecular flexibility index (Phi) is 5.21. The fourth-order valence-electron chi connectivity index (χ4n) is 2.02. The Labute approximate surface area is 113 Å². The fraction of sp³-hybridized carbons (Fsp3) is 0.533. The maximum absolute atomic E-state index is 11.5. The molecule has 0 radical (unpaired) electrons. The lowest BCUT2D eigenvalue weighted by Gasteiger charge is -2.25. The molecule has 0 bridgehead atoms. The summed E-state index contributed by atoms with van der Waals surface area (Å²) in [7, 11) is 0. The lowest BCUT2D eigenvalue weighted by molar-refractivity contribution is -0.120. The van der Waals surface area contributed by atoms with E-state index in [0.29, 0.717) is 13.0 Å². The number of amides is 1. The van der Waals surface area contributed by atoms with Gasteiger partial charge in [-0.1, -0.05) is 18.6 Å². The minimum Gasteiger partial charge on any atom is -0.493 e. The summed E-state index contributed by atoms with van der Waals surface area (Å²) in [5, 5.41) is 11.2. The second-order valence-electron chi connectivity index (χ2n) is 5.00. The SMILES string of the molecule is O=C(Cc1ccc(OCC2CCC2)cc1)NCCO. The van der Waals surface area contributed by atoms with Crippen molar-refractivity contribution >= 4 is 5.91 Å². The molecule has 104 valence electrons. The predicted octanol–water partition coefficient (Wildman–Crippen LogP) is 1.52. The van der Waals surface area contributed by atoms with Crippen LogP contribution in [0.1, 0.15) is 24.8 Å². The van der Waals surface area contributed by atoms with Crippen molar-refractivity contribution in [3.8, 4) is 5.75 Å². The standard InChI is InChI=1S/C15H21NO3/c17-9-8-16-15(18)10-12-4-6-14(7-5-12)19-11-13-2-1-3-13/h4-7,13,17H,1-3,8-11H2,(H,16,18). The van der Waals surface area contributed by atoms with E-state index in [1.165, 1.54) is 19.3 Å². The molecule has 1 aromatic carbocycles. The van der Waals surface area contributed by atoms with Crippen molar-refractivity contribution in [2.45, 2.75) is 25.7 Å². The zero-order chi connectivity index (χ0) is 13.5. The highest BCUT2D eigenvalue weighted by molar-refractivity contribution is 5.78. The number of aliphatic hydroxyl groups excluding tert-OH is 1. The first kappa shape index (κ1) is 13.9. The van der Waals surface area contributed by atoms with E-state index in [1.807, 2.05) is 24.3 Å². The van der Waals surface area contributed by atoms with Gasteiger partial charge < -0.3 is 15.2 Å². The number of hydrogen-bond donors (Lipinski definition) is 2. The molecule has 1 saturated carbocycles. The van der Waals surface area contributed by atoms with Gasteiger partial charge in [0.2, 0.25) is 5.91 Å². The molecule has 1 aliphatic rings. The summed E-state index contributed by atoms with van der Waals surface area (Å²) in [5.41, 5.74) is 0.950. The molecule has 4 nitrogen and oxygen atoms in total. The first-order valence-corrected chi connectivity index (χ1v) is 6.87. The lowest BCUT2D eigenvalue weighted by Crippen LogP contribution is -2.27. The summed E-state index contributed by atoms with van der Waals surface area (Å²) in [6.45, 7) is 1.08. The Morgan fingerprint density at radius 1 is 1.32 bits per heavy atom. The minimum absolute atomic E-state index is 0.0281. The summed E-state index contributed by atoms with van der Waals surface area (Å²) in [4.78, 5) is 11.5. The van der Waals surface area contributed by atoms with E-state index in [2.05, 4.69) is 5.32 Å². The number of ether oxygens (including phenoxy) is 1. The average molecular weight is 263 g/mol. The number of carbonyl (C=O) groups is 1.